The molecule has 2 fully saturated rings. The van der Waals surface area contributed by atoms with E-state index >= 15 is 0 Å². The van der Waals surface area contributed by atoms with Crippen LogP contribution in [0.4, 0.5) is 19.0 Å². The number of aliphatic hydroxyl groups is 1. The number of anilines is 1. The van der Waals surface area contributed by atoms with Crippen molar-refractivity contribution < 1.29 is 18.3 Å². The molecule has 0 aliphatic carbocycles. The van der Waals surface area contributed by atoms with Crippen molar-refractivity contribution in [1.29, 1.82) is 0 Å². The topological polar surface area (TPSA) is 39.6 Å². The van der Waals surface area contributed by atoms with Crippen LogP contribution >= 0.6 is 0 Å². The van der Waals surface area contributed by atoms with Crippen molar-refractivity contribution >= 4 is 5.82 Å². The molecule has 0 bridgehead atoms. The molecule has 122 valence electrons. The van der Waals surface area contributed by atoms with Crippen molar-refractivity contribution in [2.75, 3.05) is 44.2 Å². The first-order valence-electron chi connectivity index (χ1n) is 7.54. The third kappa shape index (κ3) is 2.56. The summed E-state index contributed by atoms with van der Waals surface area (Å²) in [6.07, 6.45) is 1.56. The summed E-state index contributed by atoms with van der Waals surface area (Å²) in [7, 11) is 0. The second-order valence-electron chi connectivity index (χ2n) is 6.21. The van der Waals surface area contributed by atoms with Crippen LogP contribution in [-0.4, -0.2) is 60.2 Å². The first-order chi connectivity index (χ1) is 10.5. The summed E-state index contributed by atoms with van der Waals surface area (Å²) in [6.45, 7) is 1.33. The van der Waals surface area contributed by atoms with Gasteiger partial charge in [0.1, 0.15) is 0 Å². The highest BCUT2D eigenvalue weighted by Crippen LogP contribution is 2.50. The van der Waals surface area contributed by atoms with Gasteiger partial charge in [-0.15, -0.1) is 0 Å². The quantitative estimate of drug-likeness (QED) is 0.922. The number of aromatic nitrogens is 1. The molecule has 7 heteroatoms. The number of nitrogens with zero attached hydrogens (tertiary/aromatic N) is 3. The fourth-order valence-corrected chi connectivity index (χ4v) is 3.61. The molecule has 1 N–H and O–H groups in total. The van der Waals surface area contributed by atoms with E-state index in [0.29, 0.717) is 19.5 Å². The monoisotopic (exact) mass is 315 g/mol. The van der Waals surface area contributed by atoms with E-state index in [4.69, 9.17) is 5.11 Å². The summed E-state index contributed by atoms with van der Waals surface area (Å²) in [5.41, 5.74) is -1.19. The zero-order valence-electron chi connectivity index (χ0n) is 12.3. The first kappa shape index (κ1) is 15.6. The van der Waals surface area contributed by atoms with Gasteiger partial charge in [-0.3, -0.25) is 4.90 Å². The maximum atomic E-state index is 14.5. The molecule has 3 rings (SSSR count). The first-order valence-corrected chi connectivity index (χ1v) is 7.54. The smallest absolute Gasteiger partial charge is 0.257 e. The van der Waals surface area contributed by atoms with Crippen LogP contribution in [0.3, 0.4) is 0 Å². The van der Waals surface area contributed by atoms with E-state index in [-0.39, 0.29) is 38.5 Å². The minimum atomic E-state index is -2.78. The van der Waals surface area contributed by atoms with Gasteiger partial charge < -0.3 is 10.0 Å². The largest absolute Gasteiger partial charge is 0.395 e. The van der Waals surface area contributed by atoms with Gasteiger partial charge in [0.05, 0.1) is 12.0 Å². The molecule has 3 heterocycles. The van der Waals surface area contributed by atoms with Crippen LogP contribution in [0.1, 0.15) is 12.8 Å². The molecule has 2 saturated heterocycles. The maximum absolute atomic E-state index is 14.5. The number of aliphatic hydroxyl groups excluding tert-OH is 1. The molecule has 0 saturated carbocycles. The van der Waals surface area contributed by atoms with E-state index in [2.05, 4.69) is 4.98 Å². The number of halogens is 3. The van der Waals surface area contributed by atoms with Crippen LogP contribution in [0.25, 0.3) is 0 Å². The summed E-state index contributed by atoms with van der Waals surface area (Å²) in [4.78, 5) is 7.48. The Hall–Kier alpha value is -1.34. The Bertz CT molecular complexity index is 543. The van der Waals surface area contributed by atoms with Crippen LogP contribution in [0.2, 0.25) is 0 Å². The summed E-state index contributed by atoms with van der Waals surface area (Å²) in [6, 6.07) is 2.78. The molecular weight excluding hydrogens is 295 g/mol. The van der Waals surface area contributed by atoms with Crippen molar-refractivity contribution in [3.8, 4) is 0 Å². The van der Waals surface area contributed by atoms with Gasteiger partial charge in [0, 0.05) is 45.3 Å². The van der Waals surface area contributed by atoms with E-state index in [1.807, 2.05) is 4.90 Å². The fraction of sp³-hybridized carbons (Fsp3) is 0.667. The molecule has 1 aromatic rings. The summed E-state index contributed by atoms with van der Waals surface area (Å²) < 4.78 is 42.9. The number of rotatable bonds is 3. The van der Waals surface area contributed by atoms with Crippen LogP contribution < -0.4 is 4.90 Å². The number of pyridine rings is 1. The maximum Gasteiger partial charge on any atom is 0.257 e. The zero-order chi connectivity index (χ0) is 15.8. The van der Waals surface area contributed by atoms with Crippen molar-refractivity contribution in [2.24, 2.45) is 5.41 Å². The predicted molar refractivity (Wildman–Crippen MR) is 76.5 cm³/mol. The molecule has 2 aliphatic rings. The van der Waals surface area contributed by atoms with Gasteiger partial charge in [-0.05, 0) is 18.6 Å². The number of hydrogen-bond donors (Lipinski definition) is 1. The normalized spacial score (nSPS) is 28.5. The number of hydrogen-bond acceptors (Lipinski definition) is 4. The van der Waals surface area contributed by atoms with Gasteiger partial charge in [0.25, 0.3) is 5.92 Å². The van der Waals surface area contributed by atoms with E-state index in [9.17, 15) is 13.2 Å². The molecule has 2 aliphatic heterocycles. The Labute approximate surface area is 127 Å². The van der Waals surface area contributed by atoms with Crippen LogP contribution in [0, 0.1) is 11.2 Å². The van der Waals surface area contributed by atoms with Crippen LogP contribution in [-0.2, 0) is 0 Å². The summed E-state index contributed by atoms with van der Waals surface area (Å²) in [5, 5.41) is 9.05. The lowest BCUT2D eigenvalue weighted by Gasteiger charge is -2.45. The molecule has 4 nitrogen and oxygen atoms in total. The number of piperidine rings is 1. The Morgan fingerprint density at radius 2 is 2.05 bits per heavy atom. The standard InChI is InChI=1S/C15H20F3N3O/c16-12-2-1-5-19-13(12)21-7-3-14(11-21)10-20(8-9-22)6-4-15(14,17)18/h1-2,5,22H,3-4,6-11H2/t14-/m1/s1. The molecule has 22 heavy (non-hydrogen) atoms. The van der Waals surface area contributed by atoms with Crippen LogP contribution in [0.5, 0.6) is 0 Å². The van der Waals surface area contributed by atoms with E-state index < -0.39 is 17.2 Å². The Morgan fingerprint density at radius 3 is 2.77 bits per heavy atom. The summed E-state index contributed by atoms with van der Waals surface area (Å²) >= 11 is 0. The zero-order valence-corrected chi connectivity index (χ0v) is 12.3. The van der Waals surface area contributed by atoms with Crippen LogP contribution in [0.15, 0.2) is 18.3 Å². The van der Waals surface area contributed by atoms with Gasteiger partial charge in [-0.2, -0.15) is 0 Å². The average Bonchev–Trinajstić information content (AvgIpc) is 2.90. The Balaban J connectivity index is 1.82. The lowest BCUT2D eigenvalue weighted by atomic mass is 9.75. The van der Waals surface area contributed by atoms with E-state index in [1.54, 1.807) is 4.90 Å². The highest BCUT2D eigenvalue weighted by atomic mass is 19.3. The second-order valence-corrected chi connectivity index (χ2v) is 6.21. The van der Waals surface area contributed by atoms with E-state index in [1.165, 1.54) is 18.3 Å². The van der Waals surface area contributed by atoms with Gasteiger partial charge in [-0.1, -0.05) is 0 Å². The second kappa shape index (κ2) is 5.70. The fourth-order valence-electron chi connectivity index (χ4n) is 3.61. The molecule has 1 spiro atoms. The molecular formula is C15H20F3N3O. The van der Waals surface area contributed by atoms with Gasteiger partial charge in [-0.25, -0.2) is 18.2 Å². The van der Waals surface area contributed by atoms with Gasteiger partial charge >= 0.3 is 0 Å². The average molecular weight is 315 g/mol. The highest BCUT2D eigenvalue weighted by Gasteiger charge is 2.59. The van der Waals surface area contributed by atoms with Crippen molar-refractivity contribution in [1.82, 2.24) is 9.88 Å². The minimum Gasteiger partial charge on any atom is -0.395 e. The van der Waals surface area contributed by atoms with Gasteiger partial charge in [0.2, 0.25) is 0 Å². The number of likely N-dealkylation sites (tertiary alicyclic amines) is 1. The van der Waals surface area contributed by atoms with Crippen molar-refractivity contribution in [3.63, 3.8) is 0 Å². The highest BCUT2D eigenvalue weighted by molar-refractivity contribution is 5.42. The van der Waals surface area contributed by atoms with E-state index in [0.717, 1.165) is 0 Å². The third-order valence-electron chi connectivity index (χ3n) is 4.85. The number of β-amino-alcohol motifs (C(OH)–C–C–N with tert-alkyl or cyclic N) is 1. The minimum absolute atomic E-state index is 0.0414. The molecule has 1 atom stereocenters. The third-order valence-corrected chi connectivity index (χ3v) is 4.85. The molecule has 1 aromatic heterocycles. The predicted octanol–water partition coefficient (Wildman–Crippen LogP) is 1.75. The van der Waals surface area contributed by atoms with Gasteiger partial charge in [0.15, 0.2) is 11.6 Å². The SMILES string of the molecule is OCCN1CCC(F)(F)[C@]2(CCN(c3ncccc3F)C2)C1. The van der Waals surface area contributed by atoms with Crippen molar-refractivity contribution in [2.45, 2.75) is 18.8 Å². The summed E-state index contributed by atoms with van der Waals surface area (Å²) in [5.74, 6) is -3.11. The molecule has 0 aromatic carbocycles. The molecule has 0 unspecified atom stereocenters. The number of alkyl halides is 2. The molecule has 0 amide bonds. The van der Waals surface area contributed by atoms with Crippen molar-refractivity contribution in [3.05, 3.63) is 24.1 Å². The Morgan fingerprint density at radius 1 is 1.23 bits per heavy atom. The lowest BCUT2D eigenvalue weighted by Crippen LogP contribution is -2.57. The molecule has 0 radical (unpaired) electrons. The lowest BCUT2D eigenvalue weighted by molar-refractivity contribution is -0.158. The Kier molecular flexibility index (Phi) is 4.03.